The lowest BCUT2D eigenvalue weighted by Gasteiger charge is -2.20. The maximum absolute atomic E-state index is 12.0. The van der Waals surface area contributed by atoms with Crippen LogP contribution in [0.2, 0.25) is 0 Å². The fraction of sp³-hybridized carbons (Fsp3) is 0.429. The van der Waals surface area contributed by atoms with Crippen molar-refractivity contribution in [2.24, 2.45) is 0 Å². The van der Waals surface area contributed by atoms with E-state index in [0.29, 0.717) is 29.9 Å². The van der Waals surface area contributed by atoms with E-state index in [9.17, 15) is 9.59 Å². The van der Waals surface area contributed by atoms with Crippen LogP contribution in [0, 0.1) is 0 Å². The minimum atomic E-state index is -0.591. The third-order valence-corrected chi connectivity index (χ3v) is 3.36. The first-order valence-corrected chi connectivity index (χ1v) is 6.37. The Balaban J connectivity index is 1.71. The van der Waals surface area contributed by atoms with E-state index in [-0.39, 0.29) is 12.6 Å². The van der Waals surface area contributed by atoms with E-state index in [0.717, 1.165) is 12.8 Å². The summed E-state index contributed by atoms with van der Waals surface area (Å²) in [6, 6.07) is 4.86. The zero-order valence-corrected chi connectivity index (χ0v) is 10.4. The van der Waals surface area contributed by atoms with Gasteiger partial charge >= 0.3 is 5.97 Å². The third-order valence-electron chi connectivity index (χ3n) is 3.36. The molecule has 5 heteroatoms. The highest BCUT2D eigenvalue weighted by Gasteiger charge is 2.27. The number of fused-ring (bicyclic) bond motifs is 1. The van der Waals surface area contributed by atoms with Crippen molar-refractivity contribution in [3.05, 3.63) is 23.8 Å². The van der Waals surface area contributed by atoms with Crippen molar-refractivity contribution >= 4 is 11.8 Å². The highest BCUT2D eigenvalue weighted by atomic mass is 16.7. The monoisotopic (exact) mass is 262 g/mol. The number of benzene rings is 1. The van der Waals surface area contributed by atoms with Gasteiger partial charge in [-0.2, -0.15) is 0 Å². The van der Waals surface area contributed by atoms with Crippen molar-refractivity contribution in [3.8, 4) is 11.5 Å². The fourth-order valence-electron chi connectivity index (χ4n) is 2.30. The van der Waals surface area contributed by atoms with Gasteiger partial charge in [-0.25, -0.2) is 4.79 Å². The van der Waals surface area contributed by atoms with Crippen LogP contribution in [0.25, 0.3) is 0 Å². The van der Waals surface area contributed by atoms with Gasteiger partial charge in [0.05, 0.1) is 5.56 Å². The Bertz CT molecular complexity index is 523. The number of carbonyl (C=O) groups excluding carboxylic acids is 2. The number of ketones is 1. The lowest BCUT2D eigenvalue weighted by molar-refractivity contribution is -0.129. The number of Topliss-reactive ketones (excluding diaryl/α,β-unsaturated/α-hetero) is 1. The van der Waals surface area contributed by atoms with Gasteiger partial charge in [0.25, 0.3) is 0 Å². The van der Waals surface area contributed by atoms with Crippen molar-refractivity contribution in [3.63, 3.8) is 0 Å². The molecular weight excluding hydrogens is 248 g/mol. The summed E-state index contributed by atoms with van der Waals surface area (Å²) in [4.78, 5) is 23.6. The van der Waals surface area contributed by atoms with Crippen LogP contribution in [0.5, 0.6) is 11.5 Å². The van der Waals surface area contributed by atoms with Crippen molar-refractivity contribution in [1.29, 1.82) is 0 Å². The smallest absolute Gasteiger partial charge is 0.338 e. The first-order chi connectivity index (χ1) is 9.24. The normalized spacial score (nSPS) is 21.3. The molecule has 0 radical (unpaired) electrons. The first-order valence-electron chi connectivity index (χ1n) is 6.37. The highest BCUT2D eigenvalue weighted by Crippen LogP contribution is 2.32. The lowest BCUT2D eigenvalue weighted by Crippen LogP contribution is -2.30. The van der Waals surface area contributed by atoms with Crippen LogP contribution >= 0.6 is 0 Å². The molecule has 1 aliphatic heterocycles. The van der Waals surface area contributed by atoms with Gasteiger partial charge in [-0.05, 0) is 37.5 Å². The van der Waals surface area contributed by atoms with Crippen LogP contribution in [0.15, 0.2) is 18.2 Å². The van der Waals surface area contributed by atoms with E-state index in [1.165, 1.54) is 0 Å². The number of hydrogen-bond acceptors (Lipinski definition) is 5. The van der Waals surface area contributed by atoms with E-state index in [1.54, 1.807) is 18.2 Å². The zero-order valence-electron chi connectivity index (χ0n) is 10.4. The summed E-state index contributed by atoms with van der Waals surface area (Å²) in [5.74, 6) is 0.675. The van der Waals surface area contributed by atoms with Crippen molar-refractivity contribution < 1.29 is 23.8 Å². The molecule has 0 unspecified atom stereocenters. The van der Waals surface area contributed by atoms with Gasteiger partial charge in [-0.3, -0.25) is 4.79 Å². The van der Waals surface area contributed by atoms with Crippen LogP contribution < -0.4 is 9.47 Å². The predicted molar refractivity (Wildman–Crippen MR) is 65.2 cm³/mol. The minimum Gasteiger partial charge on any atom is -0.454 e. The Morgan fingerprint density at radius 3 is 2.89 bits per heavy atom. The first kappa shape index (κ1) is 12.0. The quantitative estimate of drug-likeness (QED) is 0.764. The van der Waals surface area contributed by atoms with Gasteiger partial charge in [0.1, 0.15) is 0 Å². The van der Waals surface area contributed by atoms with Crippen molar-refractivity contribution in [1.82, 2.24) is 0 Å². The molecule has 0 bridgehead atoms. The number of ether oxygens (including phenoxy) is 3. The van der Waals surface area contributed by atoms with Crippen LogP contribution in [0.1, 0.15) is 36.0 Å². The SMILES string of the molecule is O=C(O[C@H]1CCCCC1=O)c1ccc2c(c1)OCO2. The third kappa shape index (κ3) is 2.41. The highest BCUT2D eigenvalue weighted by molar-refractivity contribution is 5.93. The molecule has 0 spiro atoms. The van der Waals surface area contributed by atoms with E-state index in [4.69, 9.17) is 14.2 Å². The van der Waals surface area contributed by atoms with Gasteiger partial charge in [0.2, 0.25) is 6.79 Å². The molecule has 0 aromatic heterocycles. The van der Waals surface area contributed by atoms with Gasteiger partial charge in [0, 0.05) is 6.42 Å². The largest absolute Gasteiger partial charge is 0.454 e. The predicted octanol–water partition coefficient (Wildman–Crippen LogP) is 2.08. The molecule has 0 saturated heterocycles. The molecule has 1 aliphatic carbocycles. The molecule has 100 valence electrons. The summed E-state index contributed by atoms with van der Waals surface area (Å²) in [6.45, 7) is 0.162. The number of carbonyl (C=O) groups is 2. The standard InChI is InChI=1S/C14H14O5/c15-10-3-1-2-4-11(10)19-14(16)9-5-6-12-13(7-9)18-8-17-12/h5-7,11H,1-4,8H2/t11-/m0/s1. The Labute approximate surface area is 110 Å². The lowest BCUT2D eigenvalue weighted by atomic mass is 9.96. The summed E-state index contributed by atoms with van der Waals surface area (Å²) in [5.41, 5.74) is 0.377. The summed E-state index contributed by atoms with van der Waals surface area (Å²) in [5, 5.41) is 0. The fourth-order valence-corrected chi connectivity index (χ4v) is 2.30. The van der Waals surface area contributed by atoms with Crippen LogP contribution in [-0.2, 0) is 9.53 Å². The van der Waals surface area contributed by atoms with Crippen LogP contribution in [-0.4, -0.2) is 24.6 Å². The molecule has 0 amide bonds. The molecule has 2 aliphatic rings. The van der Waals surface area contributed by atoms with Gasteiger partial charge in [0.15, 0.2) is 23.4 Å². The molecule has 1 heterocycles. The molecule has 0 N–H and O–H groups in total. The molecule has 1 fully saturated rings. The minimum absolute atomic E-state index is 0.0142. The Morgan fingerprint density at radius 1 is 1.21 bits per heavy atom. The Hall–Kier alpha value is -2.04. The van der Waals surface area contributed by atoms with E-state index < -0.39 is 12.1 Å². The molecule has 5 nitrogen and oxygen atoms in total. The summed E-state index contributed by atoms with van der Waals surface area (Å²) >= 11 is 0. The second-order valence-corrected chi connectivity index (χ2v) is 4.67. The molecular formula is C14H14O5. The van der Waals surface area contributed by atoms with E-state index >= 15 is 0 Å². The summed E-state index contributed by atoms with van der Waals surface area (Å²) < 4.78 is 15.6. The number of rotatable bonds is 2. The average molecular weight is 262 g/mol. The summed E-state index contributed by atoms with van der Waals surface area (Å²) in [7, 11) is 0. The van der Waals surface area contributed by atoms with Gasteiger partial charge in [-0.1, -0.05) is 0 Å². The maximum atomic E-state index is 12.0. The van der Waals surface area contributed by atoms with Crippen LogP contribution in [0.4, 0.5) is 0 Å². The van der Waals surface area contributed by atoms with Crippen LogP contribution in [0.3, 0.4) is 0 Å². The van der Waals surface area contributed by atoms with Crippen molar-refractivity contribution in [2.75, 3.05) is 6.79 Å². The molecule has 1 aromatic carbocycles. The second-order valence-electron chi connectivity index (χ2n) is 4.67. The zero-order chi connectivity index (χ0) is 13.2. The van der Waals surface area contributed by atoms with E-state index in [2.05, 4.69) is 0 Å². The average Bonchev–Trinajstić information content (AvgIpc) is 2.88. The second kappa shape index (κ2) is 4.91. The maximum Gasteiger partial charge on any atom is 0.338 e. The molecule has 3 rings (SSSR count). The molecule has 1 atom stereocenters. The number of hydrogen-bond donors (Lipinski definition) is 0. The summed E-state index contributed by atoms with van der Waals surface area (Å²) in [6.07, 6.45) is 2.34. The van der Waals surface area contributed by atoms with E-state index in [1.807, 2.05) is 0 Å². The Morgan fingerprint density at radius 2 is 2.05 bits per heavy atom. The topological polar surface area (TPSA) is 61.8 Å². The molecule has 1 saturated carbocycles. The molecule has 1 aromatic rings. The van der Waals surface area contributed by atoms with Gasteiger partial charge < -0.3 is 14.2 Å². The Kier molecular flexibility index (Phi) is 3.11. The van der Waals surface area contributed by atoms with Crippen molar-refractivity contribution in [2.45, 2.75) is 31.8 Å². The van der Waals surface area contributed by atoms with Gasteiger partial charge in [-0.15, -0.1) is 0 Å². The molecule has 19 heavy (non-hydrogen) atoms. The number of esters is 1.